The summed E-state index contributed by atoms with van der Waals surface area (Å²) in [4.78, 5) is 11.1. The summed E-state index contributed by atoms with van der Waals surface area (Å²) in [5.41, 5.74) is 7.94. The van der Waals surface area contributed by atoms with Crippen molar-refractivity contribution in [2.24, 2.45) is 5.73 Å². The zero-order valence-corrected chi connectivity index (χ0v) is 12.1. The third-order valence-corrected chi connectivity index (χ3v) is 4.02. The zero-order valence-electron chi connectivity index (χ0n) is 12.1. The van der Waals surface area contributed by atoms with E-state index in [9.17, 15) is 4.39 Å². The molecule has 110 valence electrons. The highest BCUT2D eigenvalue weighted by Gasteiger charge is 2.25. The summed E-state index contributed by atoms with van der Waals surface area (Å²) in [7, 11) is 0. The lowest BCUT2D eigenvalue weighted by Crippen LogP contribution is -2.36. The van der Waals surface area contributed by atoms with E-state index >= 15 is 0 Å². The molecule has 2 heterocycles. The first-order chi connectivity index (χ1) is 10.2. The Hall–Kier alpha value is -2.01. The molecule has 4 nitrogen and oxygen atoms in total. The highest BCUT2D eigenvalue weighted by atomic mass is 19.1. The number of aryl methyl sites for hydroxylation is 1. The molecule has 0 amide bonds. The van der Waals surface area contributed by atoms with Crippen molar-refractivity contribution in [2.45, 2.75) is 25.8 Å². The predicted octanol–water partition coefficient (Wildman–Crippen LogP) is 2.52. The van der Waals surface area contributed by atoms with Gasteiger partial charge in [0.15, 0.2) is 0 Å². The summed E-state index contributed by atoms with van der Waals surface area (Å²) in [6.45, 7) is 3.28. The van der Waals surface area contributed by atoms with Gasteiger partial charge in [-0.1, -0.05) is 12.1 Å². The summed E-state index contributed by atoms with van der Waals surface area (Å²) in [5, 5.41) is 0. The fraction of sp³-hybridized carbons (Fsp3) is 0.375. The van der Waals surface area contributed by atoms with E-state index < -0.39 is 0 Å². The number of nitrogens with zero attached hydrogens (tertiary/aromatic N) is 3. The van der Waals surface area contributed by atoms with Crippen LogP contribution in [-0.4, -0.2) is 29.1 Å². The zero-order chi connectivity index (χ0) is 14.8. The molecule has 1 fully saturated rings. The molecule has 0 saturated carbocycles. The van der Waals surface area contributed by atoms with Crippen LogP contribution in [0.2, 0.25) is 0 Å². The van der Waals surface area contributed by atoms with E-state index in [1.54, 1.807) is 25.3 Å². The molecule has 1 atom stereocenters. The number of halogens is 1. The van der Waals surface area contributed by atoms with E-state index in [0.717, 1.165) is 30.6 Å². The van der Waals surface area contributed by atoms with Crippen LogP contribution in [0.4, 0.5) is 10.3 Å². The number of aromatic nitrogens is 2. The first-order valence-electron chi connectivity index (χ1n) is 7.25. The van der Waals surface area contributed by atoms with Crippen molar-refractivity contribution in [1.29, 1.82) is 0 Å². The lowest BCUT2D eigenvalue weighted by Gasteiger charge is -2.23. The highest BCUT2D eigenvalue weighted by Crippen LogP contribution is 2.25. The van der Waals surface area contributed by atoms with Crippen molar-refractivity contribution < 1.29 is 4.39 Å². The molecule has 1 unspecified atom stereocenters. The Morgan fingerprint density at radius 1 is 1.38 bits per heavy atom. The SMILES string of the molecule is Cc1ccc(-c2ccnc(N3CCCC3CN)n2)cc1F. The molecule has 3 rings (SSSR count). The number of nitrogens with two attached hydrogens (primary N) is 1. The lowest BCUT2D eigenvalue weighted by molar-refractivity contribution is 0.619. The topological polar surface area (TPSA) is 55.0 Å². The Labute approximate surface area is 123 Å². The monoisotopic (exact) mass is 286 g/mol. The number of hydrogen-bond donors (Lipinski definition) is 1. The Bertz CT molecular complexity index is 644. The number of anilines is 1. The van der Waals surface area contributed by atoms with Gasteiger partial charge in [-0.2, -0.15) is 0 Å². The van der Waals surface area contributed by atoms with Gasteiger partial charge < -0.3 is 10.6 Å². The Morgan fingerprint density at radius 2 is 2.24 bits per heavy atom. The molecule has 1 aliphatic heterocycles. The minimum Gasteiger partial charge on any atom is -0.337 e. The molecule has 0 spiro atoms. The van der Waals surface area contributed by atoms with Crippen molar-refractivity contribution in [3.63, 3.8) is 0 Å². The van der Waals surface area contributed by atoms with Crippen molar-refractivity contribution in [3.05, 3.63) is 41.8 Å². The average molecular weight is 286 g/mol. The molecule has 1 saturated heterocycles. The standard InChI is InChI=1S/C16H19FN4/c1-11-4-5-12(9-14(11)17)15-6-7-19-16(20-15)21-8-2-3-13(21)10-18/h4-7,9,13H,2-3,8,10,18H2,1H3. The molecule has 0 bridgehead atoms. The van der Waals surface area contributed by atoms with Crippen LogP contribution in [0, 0.1) is 12.7 Å². The van der Waals surface area contributed by atoms with Crippen LogP contribution in [0.1, 0.15) is 18.4 Å². The fourth-order valence-corrected chi connectivity index (χ4v) is 2.74. The van der Waals surface area contributed by atoms with E-state index in [-0.39, 0.29) is 5.82 Å². The van der Waals surface area contributed by atoms with E-state index in [4.69, 9.17) is 5.73 Å². The van der Waals surface area contributed by atoms with Crippen LogP contribution in [0.5, 0.6) is 0 Å². The lowest BCUT2D eigenvalue weighted by atomic mass is 10.1. The largest absolute Gasteiger partial charge is 0.337 e. The van der Waals surface area contributed by atoms with Gasteiger partial charge >= 0.3 is 0 Å². The van der Waals surface area contributed by atoms with Crippen LogP contribution in [-0.2, 0) is 0 Å². The van der Waals surface area contributed by atoms with Crippen LogP contribution in [0.15, 0.2) is 30.5 Å². The molecular weight excluding hydrogens is 267 g/mol. The van der Waals surface area contributed by atoms with Gasteiger partial charge in [-0.15, -0.1) is 0 Å². The third kappa shape index (κ3) is 2.74. The van der Waals surface area contributed by atoms with Gasteiger partial charge in [0.25, 0.3) is 0 Å². The summed E-state index contributed by atoms with van der Waals surface area (Å²) in [5.74, 6) is 0.468. The first-order valence-corrected chi connectivity index (χ1v) is 7.25. The second kappa shape index (κ2) is 5.77. The molecule has 1 aromatic heterocycles. The van der Waals surface area contributed by atoms with Gasteiger partial charge in [-0.25, -0.2) is 14.4 Å². The Kier molecular flexibility index (Phi) is 3.84. The summed E-state index contributed by atoms with van der Waals surface area (Å²) in [6.07, 6.45) is 3.90. The first kappa shape index (κ1) is 13.9. The fourth-order valence-electron chi connectivity index (χ4n) is 2.74. The molecule has 2 aromatic rings. The molecule has 1 aromatic carbocycles. The quantitative estimate of drug-likeness (QED) is 0.942. The van der Waals surface area contributed by atoms with Crippen LogP contribution < -0.4 is 10.6 Å². The van der Waals surface area contributed by atoms with Gasteiger partial charge in [-0.05, 0) is 37.5 Å². The molecule has 2 N–H and O–H groups in total. The molecular formula is C16H19FN4. The van der Waals surface area contributed by atoms with Gasteiger partial charge in [0.2, 0.25) is 5.95 Å². The Morgan fingerprint density at radius 3 is 3.00 bits per heavy atom. The summed E-state index contributed by atoms with van der Waals surface area (Å²) in [6, 6.07) is 7.28. The molecule has 21 heavy (non-hydrogen) atoms. The predicted molar refractivity (Wildman–Crippen MR) is 81.6 cm³/mol. The van der Waals surface area contributed by atoms with Gasteiger partial charge in [0, 0.05) is 30.9 Å². The maximum Gasteiger partial charge on any atom is 0.226 e. The van der Waals surface area contributed by atoms with Crippen molar-refractivity contribution >= 4 is 5.95 Å². The molecule has 0 radical (unpaired) electrons. The maximum absolute atomic E-state index is 13.7. The third-order valence-electron chi connectivity index (χ3n) is 4.02. The smallest absolute Gasteiger partial charge is 0.226 e. The normalized spacial score (nSPS) is 18.2. The molecule has 0 aliphatic carbocycles. The average Bonchev–Trinajstić information content (AvgIpc) is 2.99. The van der Waals surface area contributed by atoms with E-state index in [1.165, 1.54) is 6.07 Å². The summed E-state index contributed by atoms with van der Waals surface area (Å²) >= 11 is 0. The van der Waals surface area contributed by atoms with Crippen molar-refractivity contribution in [1.82, 2.24) is 9.97 Å². The summed E-state index contributed by atoms with van der Waals surface area (Å²) < 4.78 is 13.7. The van der Waals surface area contributed by atoms with E-state index in [1.807, 2.05) is 6.07 Å². The Balaban J connectivity index is 1.94. The van der Waals surface area contributed by atoms with Crippen LogP contribution in [0.25, 0.3) is 11.3 Å². The second-order valence-corrected chi connectivity index (χ2v) is 5.43. The van der Waals surface area contributed by atoms with Gasteiger partial charge in [0.1, 0.15) is 5.82 Å². The van der Waals surface area contributed by atoms with Crippen molar-refractivity contribution in [2.75, 3.05) is 18.0 Å². The van der Waals surface area contributed by atoms with Gasteiger partial charge in [0.05, 0.1) is 5.69 Å². The van der Waals surface area contributed by atoms with E-state index in [0.29, 0.717) is 24.1 Å². The molecule has 1 aliphatic rings. The van der Waals surface area contributed by atoms with Crippen LogP contribution >= 0.6 is 0 Å². The second-order valence-electron chi connectivity index (χ2n) is 5.43. The minimum atomic E-state index is -0.214. The highest BCUT2D eigenvalue weighted by molar-refractivity contribution is 5.61. The number of benzene rings is 1. The van der Waals surface area contributed by atoms with E-state index in [2.05, 4.69) is 14.9 Å². The number of hydrogen-bond acceptors (Lipinski definition) is 4. The number of rotatable bonds is 3. The maximum atomic E-state index is 13.7. The van der Waals surface area contributed by atoms with Crippen molar-refractivity contribution in [3.8, 4) is 11.3 Å². The van der Waals surface area contributed by atoms with Crippen LogP contribution in [0.3, 0.4) is 0 Å². The molecule has 5 heteroatoms. The van der Waals surface area contributed by atoms with Gasteiger partial charge in [-0.3, -0.25) is 0 Å². The minimum absolute atomic E-state index is 0.214.